The highest BCUT2D eigenvalue weighted by atomic mass is 31.1. The molecule has 0 aliphatic rings. The lowest BCUT2D eigenvalue weighted by Crippen LogP contribution is -2.19. The van der Waals surface area contributed by atoms with E-state index in [2.05, 4.69) is 65.9 Å². The van der Waals surface area contributed by atoms with Gasteiger partial charge in [-0.2, -0.15) is 0 Å². The van der Waals surface area contributed by atoms with Gasteiger partial charge in [-0.05, 0) is 61.4 Å². The molecule has 0 heterocycles. The van der Waals surface area contributed by atoms with Crippen molar-refractivity contribution in [2.45, 2.75) is 59.8 Å². The Morgan fingerprint density at radius 2 is 1.42 bits per heavy atom. The molecule has 130 valence electrons. The van der Waals surface area contributed by atoms with Gasteiger partial charge in [-0.1, -0.05) is 53.3 Å². The van der Waals surface area contributed by atoms with Gasteiger partial charge in [0, 0.05) is 16.7 Å². The molecule has 2 aromatic carbocycles. The first-order valence-corrected chi connectivity index (χ1v) is 10.1. The van der Waals surface area contributed by atoms with Gasteiger partial charge in [0.2, 0.25) is 0 Å². The van der Waals surface area contributed by atoms with Crippen molar-refractivity contribution in [3.8, 4) is 0 Å². The first kappa shape index (κ1) is 18.9. The van der Waals surface area contributed by atoms with E-state index in [1.165, 1.54) is 16.7 Å². The second-order valence-corrected chi connectivity index (χ2v) is 10.5. The molecule has 0 spiro atoms. The minimum absolute atomic E-state index is 0.151. The van der Waals surface area contributed by atoms with Gasteiger partial charge < -0.3 is 5.32 Å². The molecule has 2 aromatic rings. The number of hydrogen-bond donors (Lipinski definition) is 1. The summed E-state index contributed by atoms with van der Waals surface area (Å²) in [4.78, 5) is 0. The first-order chi connectivity index (χ1) is 11.2. The second kappa shape index (κ2) is 7.66. The average Bonchev–Trinajstić information content (AvgIpc) is 2.43. The molecule has 0 saturated heterocycles. The van der Waals surface area contributed by atoms with E-state index in [1.807, 2.05) is 6.07 Å². The van der Waals surface area contributed by atoms with Gasteiger partial charge in [-0.25, -0.2) is 4.39 Å². The Hall–Kier alpha value is -1.40. The highest BCUT2D eigenvalue weighted by molar-refractivity contribution is 7.67. The van der Waals surface area contributed by atoms with Gasteiger partial charge in [0.1, 0.15) is 5.82 Å². The van der Waals surface area contributed by atoms with Crippen molar-refractivity contribution in [2.24, 2.45) is 0 Å². The van der Waals surface area contributed by atoms with Crippen molar-refractivity contribution in [3.05, 3.63) is 52.8 Å². The third-order valence-electron chi connectivity index (χ3n) is 4.29. The summed E-state index contributed by atoms with van der Waals surface area (Å²) in [5.74, 6) is -0.151. The van der Waals surface area contributed by atoms with Gasteiger partial charge >= 0.3 is 0 Å². The monoisotopic (exact) mass is 345 g/mol. The smallest absolute Gasteiger partial charge is 0.123 e. The Balaban J connectivity index is 2.52. The lowest BCUT2D eigenvalue weighted by atomic mass is 10.0. The van der Waals surface area contributed by atoms with Crippen LogP contribution in [0.25, 0.3) is 0 Å². The summed E-state index contributed by atoms with van der Waals surface area (Å²) >= 11 is 0. The highest BCUT2D eigenvalue weighted by Crippen LogP contribution is 2.47. The molecule has 0 aromatic heterocycles. The van der Waals surface area contributed by atoms with E-state index in [-0.39, 0.29) is 5.82 Å². The first-order valence-electron chi connectivity index (χ1n) is 8.63. The van der Waals surface area contributed by atoms with Crippen molar-refractivity contribution < 1.29 is 4.39 Å². The lowest BCUT2D eigenvalue weighted by Gasteiger charge is -2.29. The largest absolute Gasteiger partial charge is 0.355 e. The molecular weight excluding hydrogens is 316 g/mol. The molecule has 1 nitrogen and oxygen atoms in total. The van der Waals surface area contributed by atoms with E-state index in [1.54, 1.807) is 12.1 Å². The van der Waals surface area contributed by atoms with E-state index >= 15 is 0 Å². The van der Waals surface area contributed by atoms with Crippen LogP contribution in [0.4, 0.5) is 15.8 Å². The van der Waals surface area contributed by atoms with Crippen LogP contribution in [0.15, 0.2) is 30.3 Å². The molecule has 0 unspecified atom stereocenters. The fourth-order valence-corrected chi connectivity index (χ4v) is 6.47. The quantitative estimate of drug-likeness (QED) is 0.617. The minimum Gasteiger partial charge on any atom is -0.355 e. The number of rotatable bonds is 5. The lowest BCUT2D eigenvalue weighted by molar-refractivity contribution is 0.629. The Bertz CT molecular complexity index is 691. The maximum absolute atomic E-state index is 14.0. The minimum atomic E-state index is -0.435. The standard InChI is InChI=1S/C21H29FNP/c1-13(2)24(14(3)4)20-12-18(22)8-9-19(20)23-21-16(6)10-15(5)11-17(21)7/h8-14,23H,1-7H3. The SMILES string of the molecule is Cc1cc(C)c(Nc2ccc(F)cc2P(C(C)C)C(C)C)c(C)c1. The molecule has 24 heavy (non-hydrogen) atoms. The average molecular weight is 345 g/mol. The third-order valence-corrected chi connectivity index (χ3v) is 7.44. The predicted molar refractivity (Wildman–Crippen MR) is 107 cm³/mol. The molecule has 0 aliphatic carbocycles. The van der Waals surface area contributed by atoms with Crippen molar-refractivity contribution in [1.82, 2.24) is 0 Å². The van der Waals surface area contributed by atoms with E-state index in [4.69, 9.17) is 0 Å². The van der Waals surface area contributed by atoms with Crippen molar-refractivity contribution in [2.75, 3.05) is 5.32 Å². The summed E-state index contributed by atoms with van der Waals surface area (Å²) in [6.45, 7) is 15.3. The van der Waals surface area contributed by atoms with E-state index in [9.17, 15) is 4.39 Å². The fourth-order valence-electron chi connectivity index (χ4n) is 3.49. The molecular formula is C21H29FNP. The summed E-state index contributed by atoms with van der Waals surface area (Å²) in [7, 11) is -0.435. The molecule has 0 fully saturated rings. The molecule has 0 bridgehead atoms. The predicted octanol–water partition coefficient (Wildman–Crippen LogP) is 6.42. The van der Waals surface area contributed by atoms with Crippen LogP contribution in [-0.4, -0.2) is 11.3 Å². The van der Waals surface area contributed by atoms with Crippen LogP contribution in [0.2, 0.25) is 0 Å². The molecule has 0 amide bonds. The van der Waals surface area contributed by atoms with Gasteiger partial charge in [-0.15, -0.1) is 0 Å². The molecule has 0 radical (unpaired) electrons. The number of aryl methyl sites for hydroxylation is 3. The molecule has 3 heteroatoms. The molecule has 0 aliphatic heterocycles. The zero-order valence-electron chi connectivity index (χ0n) is 15.9. The van der Waals surface area contributed by atoms with Crippen LogP contribution in [-0.2, 0) is 0 Å². The van der Waals surface area contributed by atoms with Crippen molar-refractivity contribution in [1.29, 1.82) is 0 Å². The topological polar surface area (TPSA) is 12.0 Å². The van der Waals surface area contributed by atoms with Gasteiger partial charge in [-0.3, -0.25) is 0 Å². The van der Waals surface area contributed by atoms with Crippen molar-refractivity contribution in [3.63, 3.8) is 0 Å². The second-order valence-electron chi connectivity index (χ2n) is 7.15. The Morgan fingerprint density at radius 3 is 1.92 bits per heavy atom. The van der Waals surface area contributed by atoms with Crippen LogP contribution in [0.5, 0.6) is 0 Å². The van der Waals surface area contributed by atoms with Crippen LogP contribution in [0.1, 0.15) is 44.4 Å². The Morgan fingerprint density at radius 1 is 0.875 bits per heavy atom. The molecule has 2 rings (SSSR count). The van der Waals surface area contributed by atoms with E-state index in [0.29, 0.717) is 11.3 Å². The van der Waals surface area contributed by atoms with Crippen LogP contribution in [0, 0.1) is 26.6 Å². The molecule has 0 atom stereocenters. The fraction of sp³-hybridized carbons (Fsp3) is 0.429. The van der Waals surface area contributed by atoms with Gasteiger partial charge in [0.15, 0.2) is 0 Å². The van der Waals surface area contributed by atoms with Gasteiger partial charge in [0.25, 0.3) is 0 Å². The van der Waals surface area contributed by atoms with E-state index in [0.717, 1.165) is 16.7 Å². The summed E-state index contributed by atoms with van der Waals surface area (Å²) < 4.78 is 14.0. The number of halogens is 1. The van der Waals surface area contributed by atoms with Crippen molar-refractivity contribution >= 4 is 24.6 Å². The summed E-state index contributed by atoms with van der Waals surface area (Å²) in [5, 5.41) is 4.74. The molecule has 0 saturated carbocycles. The number of hydrogen-bond acceptors (Lipinski definition) is 1. The Labute approximate surface area is 147 Å². The van der Waals surface area contributed by atoms with Crippen LogP contribution in [0.3, 0.4) is 0 Å². The van der Waals surface area contributed by atoms with Gasteiger partial charge in [0.05, 0.1) is 0 Å². The summed E-state index contributed by atoms with van der Waals surface area (Å²) in [5.41, 5.74) is 6.92. The molecule has 1 N–H and O–H groups in total. The van der Waals surface area contributed by atoms with Crippen LogP contribution >= 0.6 is 7.92 Å². The summed E-state index contributed by atoms with van der Waals surface area (Å²) in [6, 6.07) is 9.55. The number of benzene rings is 2. The van der Waals surface area contributed by atoms with Crippen LogP contribution < -0.4 is 10.6 Å². The number of nitrogens with one attached hydrogen (secondary N) is 1. The zero-order chi connectivity index (χ0) is 18.0. The number of anilines is 2. The highest BCUT2D eigenvalue weighted by Gasteiger charge is 2.23. The van der Waals surface area contributed by atoms with E-state index < -0.39 is 7.92 Å². The normalized spacial score (nSPS) is 11.6. The maximum atomic E-state index is 14.0. The zero-order valence-corrected chi connectivity index (χ0v) is 16.8. The summed E-state index contributed by atoms with van der Waals surface area (Å²) in [6.07, 6.45) is 0. The maximum Gasteiger partial charge on any atom is 0.123 e. The Kier molecular flexibility index (Phi) is 6.04. The third kappa shape index (κ3) is 4.16.